The maximum atomic E-state index is 11.9. The first-order valence-corrected chi connectivity index (χ1v) is 22.1. The molecule has 0 radical (unpaired) electrons. The Morgan fingerprint density at radius 3 is 1.96 bits per heavy atom. The fourth-order valence-electron chi connectivity index (χ4n) is 7.16. The molecule has 0 spiro atoms. The van der Waals surface area contributed by atoms with Gasteiger partial charge in [0.05, 0.1) is 39.7 Å². The highest BCUT2D eigenvalue weighted by atomic mass is 32.2. The standard InChI is InChI=1S/C38H38N4O9S3/c43-52(44,45)23-20-40-34-17-15-30-9-2-4-11-32(30)38(34)42(22-25-54(49,50)51)36(40)19-13-28-7-5-6-27(26-28)12-18-35-39-33-16-14-29-8-1-3-10-31(29)37(33)41(35)21-24-53(46,47)48/h1-4,8-19,26H,5-7,20-25H2,(H,43,44,45)(H,46,47,48)(H,49,50,51)/b18-12+,28-13+,36-19-. The zero-order valence-electron chi connectivity index (χ0n) is 29.0. The highest BCUT2D eigenvalue weighted by Crippen LogP contribution is 2.46. The van der Waals surface area contributed by atoms with E-state index in [0.717, 1.165) is 57.5 Å². The van der Waals surface area contributed by atoms with E-state index < -0.39 is 47.6 Å². The Morgan fingerprint density at radius 1 is 0.648 bits per heavy atom. The van der Waals surface area contributed by atoms with E-state index >= 15 is 0 Å². The van der Waals surface area contributed by atoms with Crippen LogP contribution in [0.25, 0.3) is 38.7 Å². The molecule has 0 saturated carbocycles. The van der Waals surface area contributed by atoms with Crippen LogP contribution in [-0.4, -0.2) is 78.8 Å². The molecule has 282 valence electrons. The number of imidazole rings is 1. The van der Waals surface area contributed by atoms with Crippen LogP contribution in [0.4, 0.5) is 11.4 Å². The van der Waals surface area contributed by atoms with Crippen molar-refractivity contribution in [2.24, 2.45) is 0 Å². The van der Waals surface area contributed by atoms with E-state index in [-0.39, 0.29) is 19.6 Å². The minimum absolute atomic E-state index is 0.000621. The Bertz CT molecular complexity index is 2750. The van der Waals surface area contributed by atoms with Gasteiger partial charge in [-0.25, -0.2) is 4.98 Å². The minimum Gasteiger partial charge on any atom is -0.325 e. The van der Waals surface area contributed by atoms with Crippen LogP contribution < -0.4 is 9.80 Å². The minimum atomic E-state index is -4.35. The van der Waals surface area contributed by atoms with Crippen molar-refractivity contribution in [1.82, 2.24) is 9.55 Å². The van der Waals surface area contributed by atoms with Crippen molar-refractivity contribution in [1.29, 1.82) is 0 Å². The van der Waals surface area contributed by atoms with E-state index in [9.17, 15) is 38.9 Å². The Morgan fingerprint density at radius 2 is 1.26 bits per heavy atom. The van der Waals surface area contributed by atoms with E-state index in [1.807, 2.05) is 97.1 Å². The molecule has 1 aliphatic heterocycles. The molecule has 2 aliphatic rings. The second kappa shape index (κ2) is 14.8. The maximum Gasteiger partial charge on any atom is 0.266 e. The number of allylic oxidation sites excluding steroid dienone is 6. The van der Waals surface area contributed by atoms with Crippen LogP contribution in [-0.2, 0) is 36.9 Å². The number of benzene rings is 4. The lowest BCUT2D eigenvalue weighted by Crippen LogP contribution is -2.34. The van der Waals surface area contributed by atoms with Gasteiger partial charge in [-0.2, -0.15) is 25.3 Å². The van der Waals surface area contributed by atoms with Gasteiger partial charge in [0.1, 0.15) is 11.6 Å². The second-order valence-electron chi connectivity index (χ2n) is 13.3. The smallest absolute Gasteiger partial charge is 0.266 e. The van der Waals surface area contributed by atoms with Gasteiger partial charge in [0.2, 0.25) is 0 Å². The third-order valence-electron chi connectivity index (χ3n) is 9.57. The van der Waals surface area contributed by atoms with Crippen molar-refractivity contribution in [3.8, 4) is 0 Å². The average Bonchev–Trinajstić information content (AvgIpc) is 3.64. The van der Waals surface area contributed by atoms with Crippen LogP contribution in [0, 0.1) is 0 Å². The monoisotopic (exact) mass is 790 g/mol. The van der Waals surface area contributed by atoms with Crippen molar-refractivity contribution in [3.05, 3.63) is 120 Å². The third-order valence-corrected chi connectivity index (χ3v) is 11.7. The van der Waals surface area contributed by atoms with Crippen LogP contribution in [0.3, 0.4) is 0 Å². The first kappa shape index (κ1) is 37.5. The summed E-state index contributed by atoms with van der Waals surface area (Å²) in [7, 11) is -12.9. The van der Waals surface area contributed by atoms with Crippen molar-refractivity contribution in [2.75, 3.05) is 40.1 Å². The molecule has 16 heteroatoms. The summed E-state index contributed by atoms with van der Waals surface area (Å²) >= 11 is 0. The lowest BCUT2D eigenvalue weighted by Gasteiger charge is -2.25. The molecule has 0 bridgehead atoms. The van der Waals surface area contributed by atoms with E-state index in [0.29, 0.717) is 28.5 Å². The molecule has 2 heterocycles. The summed E-state index contributed by atoms with van der Waals surface area (Å²) in [6, 6.07) is 22.8. The van der Waals surface area contributed by atoms with Gasteiger partial charge in [0.25, 0.3) is 30.4 Å². The highest BCUT2D eigenvalue weighted by molar-refractivity contribution is 7.86. The van der Waals surface area contributed by atoms with Crippen LogP contribution in [0.15, 0.2) is 114 Å². The Kier molecular flexibility index (Phi) is 10.2. The molecule has 5 aromatic rings. The molecule has 1 aromatic heterocycles. The zero-order chi connectivity index (χ0) is 38.3. The number of aryl methyl sites for hydroxylation is 1. The van der Waals surface area contributed by atoms with Gasteiger partial charge in [0.15, 0.2) is 0 Å². The molecule has 3 N–H and O–H groups in total. The number of anilines is 2. The number of hydrogen-bond acceptors (Lipinski definition) is 9. The number of aromatic nitrogens is 2. The molecule has 13 nitrogen and oxygen atoms in total. The topological polar surface area (TPSA) is 187 Å². The molecule has 4 aromatic carbocycles. The van der Waals surface area contributed by atoms with Gasteiger partial charge in [-0.1, -0.05) is 78.9 Å². The van der Waals surface area contributed by atoms with Crippen molar-refractivity contribution in [3.63, 3.8) is 0 Å². The van der Waals surface area contributed by atoms with Gasteiger partial charge in [-0.3, -0.25) is 13.7 Å². The van der Waals surface area contributed by atoms with Crippen LogP contribution in [0.2, 0.25) is 0 Å². The number of hydrogen-bond donors (Lipinski definition) is 3. The Labute approximate surface area is 313 Å². The van der Waals surface area contributed by atoms with E-state index in [1.165, 1.54) is 0 Å². The molecule has 0 fully saturated rings. The summed E-state index contributed by atoms with van der Waals surface area (Å²) in [6.07, 6.45) is 11.8. The van der Waals surface area contributed by atoms with Gasteiger partial charge in [-0.05, 0) is 65.5 Å². The normalized spacial score (nSPS) is 17.1. The largest absolute Gasteiger partial charge is 0.325 e. The summed E-state index contributed by atoms with van der Waals surface area (Å²) in [5.74, 6) is -0.607. The molecule has 0 amide bonds. The van der Waals surface area contributed by atoms with Crippen molar-refractivity contribution >= 4 is 80.4 Å². The first-order chi connectivity index (χ1) is 25.6. The summed E-state index contributed by atoms with van der Waals surface area (Å²) in [6.45, 7) is -0.227. The fraction of sp³-hybridized carbons (Fsp3) is 0.237. The van der Waals surface area contributed by atoms with Gasteiger partial charge in [0, 0.05) is 30.4 Å². The van der Waals surface area contributed by atoms with Gasteiger partial charge < -0.3 is 14.4 Å². The van der Waals surface area contributed by atoms with Crippen LogP contribution in [0.5, 0.6) is 0 Å². The summed E-state index contributed by atoms with van der Waals surface area (Å²) in [4.78, 5) is 8.28. The SMILES string of the molecule is O=S(=O)(O)CCN1/C(=C/C=C2C=C(/C=C/c3nc4ccc5ccccc5c4n3CCS(=O)(=O)O)CCC/2)N(CCS(=O)(=O)O)c2c1ccc1ccccc21. The van der Waals surface area contributed by atoms with Gasteiger partial charge >= 0.3 is 0 Å². The summed E-state index contributed by atoms with van der Waals surface area (Å²) < 4.78 is 102. The van der Waals surface area contributed by atoms with Crippen LogP contribution in [0.1, 0.15) is 25.1 Å². The molecule has 54 heavy (non-hydrogen) atoms. The molecule has 1 aliphatic carbocycles. The maximum absolute atomic E-state index is 11.9. The Hall–Kier alpha value is -4.84. The first-order valence-electron chi connectivity index (χ1n) is 17.2. The third kappa shape index (κ3) is 8.43. The van der Waals surface area contributed by atoms with E-state index in [1.54, 1.807) is 20.4 Å². The average molecular weight is 791 g/mol. The lowest BCUT2D eigenvalue weighted by molar-refractivity contribution is 0.477. The van der Waals surface area contributed by atoms with Crippen molar-refractivity contribution in [2.45, 2.75) is 25.8 Å². The molecular formula is C38H38N4O9S3. The van der Waals surface area contributed by atoms with E-state index in [4.69, 9.17) is 4.98 Å². The molecular weight excluding hydrogens is 753 g/mol. The molecule has 0 unspecified atom stereocenters. The Balaban J connectivity index is 1.26. The predicted octanol–water partition coefficient (Wildman–Crippen LogP) is 6.22. The molecule has 0 saturated heterocycles. The number of fused-ring (bicyclic) bond motifs is 6. The number of nitrogens with zero attached hydrogens (tertiary/aromatic N) is 4. The highest BCUT2D eigenvalue weighted by Gasteiger charge is 2.34. The zero-order valence-corrected chi connectivity index (χ0v) is 31.4. The molecule has 0 atom stereocenters. The van der Waals surface area contributed by atoms with E-state index in [2.05, 4.69) is 0 Å². The summed E-state index contributed by atoms with van der Waals surface area (Å²) in [5, 5.41) is 3.57. The van der Waals surface area contributed by atoms with Crippen LogP contribution >= 0.6 is 0 Å². The lowest BCUT2D eigenvalue weighted by atomic mass is 9.94. The molecule has 7 rings (SSSR count). The van der Waals surface area contributed by atoms with Crippen molar-refractivity contribution < 1.29 is 38.9 Å². The fourth-order valence-corrected chi connectivity index (χ4v) is 8.40. The van der Waals surface area contributed by atoms with Gasteiger partial charge in [-0.15, -0.1) is 0 Å². The predicted molar refractivity (Wildman–Crippen MR) is 212 cm³/mol. The second-order valence-corrected chi connectivity index (χ2v) is 18.0. The summed E-state index contributed by atoms with van der Waals surface area (Å²) in [5.41, 5.74) is 4.68. The number of rotatable bonds is 12. The quantitative estimate of drug-likeness (QED) is 0.121.